The highest BCUT2D eigenvalue weighted by atomic mass is 31.0. The molecule has 0 aliphatic heterocycles. The van der Waals surface area contributed by atoms with Gasteiger partial charge in [-0.25, -0.2) is 4.39 Å². The summed E-state index contributed by atoms with van der Waals surface area (Å²) in [5.41, 5.74) is -1.00. The Balaban J connectivity index is 2.11. The van der Waals surface area contributed by atoms with Gasteiger partial charge in [0.05, 0.1) is 0 Å². The summed E-state index contributed by atoms with van der Waals surface area (Å²) < 4.78 is 15.7. The number of halogens is 1. The third-order valence-electron chi connectivity index (χ3n) is 4.97. The van der Waals surface area contributed by atoms with E-state index in [1.54, 1.807) is 0 Å². The van der Waals surface area contributed by atoms with Gasteiger partial charge in [0.25, 0.3) is 0 Å². The third kappa shape index (κ3) is 3.35. The van der Waals surface area contributed by atoms with Crippen LogP contribution in [0.3, 0.4) is 0 Å². The molecule has 0 saturated heterocycles. The zero-order valence-corrected chi connectivity index (χ0v) is 12.7. The van der Waals surface area contributed by atoms with Gasteiger partial charge in [-0.1, -0.05) is 50.7 Å². The van der Waals surface area contributed by atoms with Gasteiger partial charge in [0.2, 0.25) is 0 Å². The zero-order valence-electron chi connectivity index (χ0n) is 11.5. The Kier molecular flexibility index (Phi) is 5.67. The highest BCUT2D eigenvalue weighted by Gasteiger charge is 2.43. The Hall–Kier alpha value is 0.100. The van der Waals surface area contributed by atoms with Crippen LogP contribution < -0.4 is 0 Å². The maximum absolute atomic E-state index is 15.7. The fourth-order valence-corrected chi connectivity index (χ4v) is 4.08. The van der Waals surface area contributed by atoms with Crippen LogP contribution in [-0.2, 0) is 0 Å². The van der Waals surface area contributed by atoms with E-state index < -0.39 is 5.67 Å². The summed E-state index contributed by atoms with van der Waals surface area (Å²) in [7, 11) is 2.68. The van der Waals surface area contributed by atoms with E-state index in [0.29, 0.717) is 11.8 Å². The molecule has 0 amide bonds. The molecule has 1 unspecified atom stereocenters. The highest BCUT2D eigenvalue weighted by molar-refractivity contribution is 7.16. The van der Waals surface area contributed by atoms with Crippen LogP contribution in [0.15, 0.2) is 12.2 Å². The summed E-state index contributed by atoms with van der Waals surface area (Å²) in [6.07, 6.45) is 16.8. The lowest BCUT2D eigenvalue weighted by Crippen LogP contribution is -2.41. The lowest BCUT2D eigenvalue weighted by Gasteiger charge is -2.41. The van der Waals surface area contributed by atoms with Crippen molar-refractivity contribution in [1.29, 1.82) is 0 Å². The van der Waals surface area contributed by atoms with E-state index in [1.807, 2.05) is 12.2 Å². The minimum absolute atomic E-state index is 0.294. The normalized spacial score (nSPS) is 24.8. The van der Waals surface area contributed by atoms with Crippen molar-refractivity contribution in [2.75, 3.05) is 6.16 Å². The van der Waals surface area contributed by atoms with E-state index in [-0.39, 0.29) is 0 Å². The van der Waals surface area contributed by atoms with Crippen LogP contribution in [0.1, 0.15) is 64.2 Å². The van der Waals surface area contributed by atoms with Crippen molar-refractivity contribution < 1.29 is 4.39 Å². The highest BCUT2D eigenvalue weighted by Crippen LogP contribution is 2.46. The van der Waals surface area contributed by atoms with E-state index in [4.69, 9.17) is 0 Å². The van der Waals surface area contributed by atoms with E-state index in [0.717, 1.165) is 31.8 Å². The predicted octanol–water partition coefficient (Wildman–Crippen LogP) is 5.29. The summed E-state index contributed by atoms with van der Waals surface area (Å²) in [5.74, 6) is 0.587. The Morgan fingerprint density at radius 3 is 1.72 bits per heavy atom. The molecule has 0 nitrogen and oxygen atoms in total. The SMILES string of the molecule is FC(C=CCP)(C1CCCCC1)C1CCCCC1. The summed E-state index contributed by atoms with van der Waals surface area (Å²) in [6.45, 7) is 0. The first-order valence-electron chi connectivity index (χ1n) is 7.84. The van der Waals surface area contributed by atoms with Gasteiger partial charge in [-0.05, 0) is 43.7 Å². The minimum Gasteiger partial charge on any atom is -0.239 e. The van der Waals surface area contributed by atoms with Gasteiger partial charge in [-0.2, -0.15) is 0 Å². The molecule has 0 aromatic carbocycles. The molecule has 2 heteroatoms. The van der Waals surface area contributed by atoms with Crippen LogP contribution in [0, 0.1) is 11.8 Å². The Morgan fingerprint density at radius 2 is 1.33 bits per heavy atom. The number of alkyl halides is 1. The molecule has 0 heterocycles. The molecule has 0 aromatic rings. The van der Waals surface area contributed by atoms with E-state index in [9.17, 15) is 0 Å². The second-order valence-electron chi connectivity index (χ2n) is 6.14. The lowest BCUT2D eigenvalue weighted by molar-refractivity contribution is 0.0248. The first-order chi connectivity index (χ1) is 8.77. The van der Waals surface area contributed by atoms with Crippen molar-refractivity contribution in [2.45, 2.75) is 69.9 Å². The van der Waals surface area contributed by atoms with Crippen molar-refractivity contribution in [2.24, 2.45) is 11.8 Å². The fourth-order valence-electron chi connectivity index (χ4n) is 3.94. The third-order valence-corrected chi connectivity index (χ3v) is 5.24. The van der Waals surface area contributed by atoms with Gasteiger partial charge < -0.3 is 0 Å². The molecule has 0 radical (unpaired) electrons. The molecular formula is C16H28FP. The molecule has 104 valence electrons. The maximum Gasteiger partial charge on any atom is 0.134 e. The van der Waals surface area contributed by atoms with E-state index in [1.165, 1.54) is 38.5 Å². The zero-order chi connectivity index (χ0) is 12.8. The van der Waals surface area contributed by atoms with Gasteiger partial charge in [0.15, 0.2) is 0 Å². The first-order valence-corrected chi connectivity index (χ1v) is 8.65. The molecule has 2 rings (SSSR count). The molecule has 18 heavy (non-hydrogen) atoms. The summed E-state index contributed by atoms with van der Waals surface area (Å²) in [5, 5.41) is 0. The van der Waals surface area contributed by atoms with Crippen LogP contribution >= 0.6 is 9.24 Å². The number of hydrogen-bond donors (Lipinski definition) is 0. The number of rotatable bonds is 4. The van der Waals surface area contributed by atoms with Gasteiger partial charge in [-0.3, -0.25) is 0 Å². The molecule has 2 aliphatic rings. The molecule has 2 saturated carbocycles. The topological polar surface area (TPSA) is 0 Å². The average Bonchev–Trinajstić information content (AvgIpc) is 2.46. The van der Waals surface area contributed by atoms with Crippen LogP contribution in [-0.4, -0.2) is 11.8 Å². The van der Waals surface area contributed by atoms with Crippen molar-refractivity contribution in [3.63, 3.8) is 0 Å². The number of allylic oxidation sites excluding steroid dienone is 2. The van der Waals surface area contributed by atoms with Crippen LogP contribution in [0.2, 0.25) is 0 Å². The van der Waals surface area contributed by atoms with Gasteiger partial charge in [-0.15, -0.1) is 9.24 Å². The molecule has 0 N–H and O–H groups in total. The summed E-state index contributed by atoms with van der Waals surface area (Å²) in [4.78, 5) is 0. The second kappa shape index (κ2) is 7.04. The van der Waals surface area contributed by atoms with Crippen LogP contribution in [0.4, 0.5) is 4.39 Å². The van der Waals surface area contributed by atoms with Crippen molar-refractivity contribution in [3.05, 3.63) is 12.2 Å². The molecule has 2 aliphatic carbocycles. The lowest BCUT2D eigenvalue weighted by atomic mass is 9.67. The standard InChI is InChI=1S/C16H28FP/c17-16(12-7-13-18,14-8-3-1-4-9-14)15-10-5-2-6-11-15/h7,12,14-15H,1-6,8-11,13,18H2. The quantitative estimate of drug-likeness (QED) is 0.481. The maximum atomic E-state index is 15.7. The van der Waals surface area contributed by atoms with Crippen LogP contribution in [0.5, 0.6) is 0 Å². The molecule has 0 bridgehead atoms. The predicted molar refractivity (Wildman–Crippen MR) is 80.7 cm³/mol. The Morgan fingerprint density at radius 1 is 0.889 bits per heavy atom. The largest absolute Gasteiger partial charge is 0.239 e. The van der Waals surface area contributed by atoms with E-state index in [2.05, 4.69) is 9.24 Å². The molecule has 0 aromatic heterocycles. The molecular weight excluding hydrogens is 242 g/mol. The molecule has 0 spiro atoms. The van der Waals surface area contributed by atoms with Crippen molar-refractivity contribution >= 4 is 9.24 Å². The first kappa shape index (κ1) is 14.5. The fraction of sp³-hybridized carbons (Fsp3) is 0.875. The number of hydrogen-bond acceptors (Lipinski definition) is 0. The van der Waals surface area contributed by atoms with E-state index >= 15 is 4.39 Å². The summed E-state index contributed by atoms with van der Waals surface area (Å²) >= 11 is 0. The Labute approximate surface area is 114 Å². The summed E-state index contributed by atoms with van der Waals surface area (Å²) in [6, 6.07) is 0. The van der Waals surface area contributed by atoms with Gasteiger partial charge in [0, 0.05) is 0 Å². The van der Waals surface area contributed by atoms with Crippen LogP contribution in [0.25, 0.3) is 0 Å². The van der Waals surface area contributed by atoms with Gasteiger partial charge in [0.1, 0.15) is 5.67 Å². The Bertz CT molecular complexity index is 244. The molecule has 1 atom stereocenters. The molecule has 2 fully saturated rings. The minimum atomic E-state index is -1.00. The van der Waals surface area contributed by atoms with Crippen molar-refractivity contribution in [3.8, 4) is 0 Å². The monoisotopic (exact) mass is 270 g/mol. The second-order valence-corrected chi connectivity index (χ2v) is 6.61. The average molecular weight is 270 g/mol. The van der Waals surface area contributed by atoms with Crippen molar-refractivity contribution in [1.82, 2.24) is 0 Å². The van der Waals surface area contributed by atoms with Gasteiger partial charge >= 0.3 is 0 Å². The smallest absolute Gasteiger partial charge is 0.134 e.